The minimum Gasteiger partial charge on any atom is -0.338 e. The summed E-state index contributed by atoms with van der Waals surface area (Å²) in [6, 6.07) is 14.7. The number of likely N-dealkylation sites (tertiary alicyclic amines) is 1. The molecule has 0 aromatic heterocycles. The molecule has 2 aromatic carbocycles. The Morgan fingerprint density at radius 3 is 2.78 bits per heavy atom. The minimum absolute atomic E-state index is 0. The molecule has 0 spiro atoms. The Morgan fingerprint density at radius 1 is 1.22 bits per heavy atom. The second-order valence-electron chi connectivity index (χ2n) is 7.22. The van der Waals surface area contributed by atoms with E-state index in [1.54, 1.807) is 0 Å². The van der Waals surface area contributed by atoms with Crippen molar-refractivity contribution in [3.8, 4) is 0 Å². The van der Waals surface area contributed by atoms with Gasteiger partial charge in [-0.3, -0.25) is 4.79 Å². The molecule has 0 aliphatic carbocycles. The number of hydrogen-bond acceptors (Lipinski definition) is 3. The van der Waals surface area contributed by atoms with E-state index in [2.05, 4.69) is 49.5 Å². The Bertz CT molecular complexity index is 781. The van der Waals surface area contributed by atoms with Crippen LogP contribution >= 0.6 is 24.2 Å². The summed E-state index contributed by atoms with van der Waals surface area (Å²) in [7, 11) is 1.97. The van der Waals surface area contributed by atoms with Crippen LogP contribution in [0.15, 0.2) is 47.4 Å². The van der Waals surface area contributed by atoms with Crippen molar-refractivity contribution in [1.29, 1.82) is 0 Å². The molecule has 1 saturated heterocycles. The molecule has 1 heterocycles. The molecule has 146 valence electrons. The first-order valence-electron chi connectivity index (χ1n) is 9.29. The van der Waals surface area contributed by atoms with Gasteiger partial charge in [-0.05, 0) is 69.1 Å². The van der Waals surface area contributed by atoms with Gasteiger partial charge in [0.25, 0.3) is 5.91 Å². The maximum absolute atomic E-state index is 12.8. The number of carbonyl (C=O) groups is 1. The highest BCUT2D eigenvalue weighted by Crippen LogP contribution is 2.27. The second kappa shape index (κ2) is 10.2. The number of amides is 1. The SMILES string of the molecule is CNCC1CCN(C(=O)c2cccc(CSc3ccc(C)cc3C)c2)C1.Cl. The van der Waals surface area contributed by atoms with Gasteiger partial charge in [0.2, 0.25) is 0 Å². The van der Waals surface area contributed by atoms with Crippen LogP contribution in [0.1, 0.15) is 33.5 Å². The summed E-state index contributed by atoms with van der Waals surface area (Å²) < 4.78 is 0. The van der Waals surface area contributed by atoms with Crippen LogP contribution in [-0.2, 0) is 5.75 Å². The minimum atomic E-state index is 0. The predicted octanol–water partition coefficient (Wildman–Crippen LogP) is 4.70. The first-order valence-corrected chi connectivity index (χ1v) is 10.3. The predicted molar refractivity (Wildman–Crippen MR) is 117 cm³/mol. The zero-order valence-electron chi connectivity index (χ0n) is 16.3. The standard InChI is InChI=1S/C22H28N2OS.ClH/c1-16-7-8-21(17(2)11-16)26-15-18-5-4-6-20(12-18)22(25)24-10-9-19(14-24)13-23-3;/h4-8,11-12,19,23H,9-10,13-15H2,1-3H3;1H. The van der Waals surface area contributed by atoms with E-state index in [0.29, 0.717) is 5.92 Å². The zero-order valence-corrected chi connectivity index (χ0v) is 18.0. The lowest BCUT2D eigenvalue weighted by atomic mass is 10.1. The van der Waals surface area contributed by atoms with Crippen LogP contribution in [0.4, 0.5) is 0 Å². The number of hydrogen-bond donors (Lipinski definition) is 1. The molecule has 0 saturated carbocycles. The van der Waals surface area contributed by atoms with Gasteiger partial charge in [-0.25, -0.2) is 0 Å². The topological polar surface area (TPSA) is 32.3 Å². The number of carbonyl (C=O) groups excluding carboxylic acids is 1. The van der Waals surface area contributed by atoms with E-state index in [-0.39, 0.29) is 18.3 Å². The lowest BCUT2D eigenvalue weighted by molar-refractivity contribution is 0.0787. The number of aryl methyl sites for hydroxylation is 2. The quantitative estimate of drug-likeness (QED) is 0.708. The molecule has 1 aliphatic rings. The summed E-state index contributed by atoms with van der Waals surface area (Å²) in [5.74, 6) is 1.63. The Hall–Kier alpha value is -1.49. The smallest absolute Gasteiger partial charge is 0.253 e. The van der Waals surface area contributed by atoms with Gasteiger partial charge in [0, 0.05) is 29.3 Å². The number of halogens is 1. The van der Waals surface area contributed by atoms with Gasteiger partial charge in [0.15, 0.2) is 0 Å². The van der Waals surface area contributed by atoms with Crippen molar-refractivity contribution >= 4 is 30.1 Å². The van der Waals surface area contributed by atoms with E-state index in [0.717, 1.165) is 37.4 Å². The molecule has 3 nitrogen and oxygen atoms in total. The van der Waals surface area contributed by atoms with Gasteiger partial charge in [-0.1, -0.05) is 29.8 Å². The van der Waals surface area contributed by atoms with Crippen molar-refractivity contribution in [3.05, 3.63) is 64.7 Å². The molecular formula is C22H29ClN2OS. The third-order valence-electron chi connectivity index (χ3n) is 4.96. The molecule has 27 heavy (non-hydrogen) atoms. The third kappa shape index (κ3) is 5.74. The largest absolute Gasteiger partial charge is 0.338 e. The highest BCUT2D eigenvalue weighted by atomic mass is 35.5. The van der Waals surface area contributed by atoms with Gasteiger partial charge < -0.3 is 10.2 Å². The van der Waals surface area contributed by atoms with Gasteiger partial charge in [-0.2, -0.15) is 0 Å². The molecule has 3 rings (SSSR count). The van der Waals surface area contributed by atoms with Gasteiger partial charge in [0.05, 0.1) is 0 Å². The monoisotopic (exact) mass is 404 g/mol. The number of rotatable bonds is 6. The fourth-order valence-electron chi connectivity index (χ4n) is 3.57. The maximum Gasteiger partial charge on any atom is 0.253 e. The molecule has 0 radical (unpaired) electrons. The molecule has 1 aliphatic heterocycles. The van der Waals surface area contributed by atoms with Crippen LogP contribution in [0.2, 0.25) is 0 Å². The van der Waals surface area contributed by atoms with Crippen LogP contribution < -0.4 is 5.32 Å². The summed E-state index contributed by atoms with van der Waals surface area (Å²) in [5.41, 5.74) is 4.62. The van der Waals surface area contributed by atoms with Crippen molar-refractivity contribution in [2.75, 3.05) is 26.7 Å². The number of benzene rings is 2. The van der Waals surface area contributed by atoms with Crippen molar-refractivity contribution in [3.63, 3.8) is 0 Å². The van der Waals surface area contributed by atoms with Crippen molar-refractivity contribution in [2.45, 2.75) is 30.9 Å². The average molecular weight is 405 g/mol. The first-order chi connectivity index (χ1) is 12.6. The Balaban J connectivity index is 0.00000261. The molecule has 5 heteroatoms. The molecule has 1 atom stereocenters. The van der Waals surface area contributed by atoms with Gasteiger partial charge in [0.1, 0.15) is 0 Å². The molecule has 2 aromatic rings. The maximum atomic E-state index is 12.8. The summed E-state index contributed by atoms with van der Waals surface area (Å²) in [4.78, 5) is 16.1. The summed E-state index contributed by atoms with van der Waals surface area (Å²) in [6.45, 7) is 6.99. The number of thioether (sulfide) groups is 1. The molecule has 1 unspecified atom stereocenters. The molecular weight excluding hydrogens is 376 g/mol. The fourth-order valence-corrected chi connectivity index (χ4v) is 4.52. The number of nitrogens with one attached hydrogen (secondary N) is 1. The van der Waals surface area contributed by atoms with Gasteiger partial charge in [-0.15, -0.1) is 24.2 Å². The fraction of sp³-hybridized carbons (Fsp3) is 0.409. The lowest BCUT2D eigenvalue weighted by Gasteiger charge is -2.17. The van der Waals surface area contributed by atoms with Crippen molar-refractivity contribution in [1.82, 2.24) is 10.2 Å². The van der Waals surface area contributed by atoms with E-state index in [4.69, 9.17) is 0 Å². The molecule has 0 bridgehead atoms. The van der Waals surface area contributed by atoms with E-state index < -0.39 is 0 Å². The third-order valence-corrected chi connectivity index (χ3v) is 6.21. The van der Waals surface area contributed by atoms with Gasteiger partial charge >= 0.3 is 0 Å². The van der Waals surface area contributed by atoms with Crippen molar-refractivity contribution in [2.24, 2.45) is 5.92 Å². The zero-order chi connectivity index (χ0) is 18.5. The highest BCUT2D eigenvalue weighted by Gasteiger charge is 2.26. The van der Waals surface area contributed by atoms with Crippen LogP contribution in [0.5, 0.6) is 0 Å². The van der Waals surface area contributed by atoms with E-state index in [1.165, 1.54) is 21.6 Å². The summed E-state index contributed by atoms with van der Waals surface area (Å²) in [6.07, 6.45) is 1.09. The van der Waals surface area contributed by atoms with Crippen LogP contribution in [-0.4, -0.2) is 37.5 Å². The summed E-state index contributed by atoms with van der Waals surface area (Å²) in [5, 5.41) is 3.22. The van der Waals surface area contributed by atoms with E-state index in [1.807, 2.05) is 35.8 Å². The Kier molecular flexibility index (Phi) is 8.21. The Labute approximate surface area is 173 Å². The lowest BCUT2D eigenvalue weighted by Crippen LogP contribution is -2.30. The second-order valence-corrected chi connectivity index (χ2v) is 8.24. The number of nitrogens with zero attached hydrogens (tertiary/aromatic N) is 1. The average Bonchev–Trinajstić information content (AvgIpc) is 3.09. The van der Waals surface area contributed by atoms with E-state index in [9.17, 15) is 4.79 Å². The van der Waals surface area contributed by atoms with E-state index >= 15 is 0 Å². The Morgan fingerprint density at radius 2 is 2.04 bits per heavy atom. The van der Waals surface area contributed by atoms with Crippen LogP contribution in [0.3, 0.4) is 0 Å². The summed E-state index contributed by atoms with van der Waals surface area (Å²) >= 11 is 1.84. The van der Waals surface area contributed by atoms with Crippen LogP contribution in [0, 0.1) is 19.8 Å². The molecule has 1 amide bonds. The highest BCUT2D eigenvalue weighted by molar-refractivity contribution is 7.98. The van der Waals surface area contributed by atoms with Crippen LogP contribution in [0.25, 0.3) is 0 Å². The first kappa shape index (κ1) is 21.8. The normalized spacial score (nSPS) is 16.3. The molecule has 1 N–H and O–H groups in total. The molecule has 1 fully saturated rings. The van der Waals surface area contributed by atoms with Crippen molar-refractivity contribution < 1.29 is 4.79 Å².